The number of pyridine rings is 2. The summed E-state index contributed by atoms with van der Waals surface area (Å²) < 4.78 is 14.7. The molecule has 0 aliphatic heterocycles. The molecule has 0 spiro atoms. The van der Waals surface area contributed by atoms with Crippen LogP contribution in [0, 0.1) is 12.7 Å². The first-order valence-electron chi connectivity index (χ1n) is 12.4. The van der Waals surface area contributed by atoms with Crippen LogP contribution in [0.15, 0.2) is 79.5 Å². The number of allylic oxidation sites excluding steroid dienone is 2. The zero-order valence-corrected chi connectivity index (χ0v) is 21.7. The van der Waals surface area contributed by atoms with Crippen LogP contribution >= 0.6 is 0 Å². The maximum Gasteiger partial charge on any atom is 0.135 e. The summed E-state index contributed by atoms with van der Waals surface area (Å²) in [5.74, 6) is -0.303. The fourth-order valence-electron chi connectivity index (χ4n) is 4.44. The number of nitrogens with zero attached hydrogens (tertiary/aromatic N) is 4. The molecule has 0 unspecified atom stereocenters. The molecule has 192 valence electrons. The number of nitrogens with one attached hydrogen (secondary N) is 3. The number of hydrogen-bond donors (Lipinski definition) is 3. The van der Waals surface area contributed by atoms with E-state index in [0.717, 1.165) is 62.7 Å². The van der Waals surface area contributed by atoms with E-state index in [2.05, 4.69) is 37.0 Å². The van der Waals surface area contributed by atoms with E-state index in [-0.39, 0.29) is 5.82 Å². The molecule has 0 aliphatic carbocycles. The molecule has 0 saturated carbocycles. The molecule has 0 atom stereocenters. The van der Waals surface area contributed by atoms with Gasteiger partial charge in [0.2, 0.25) is 0 Å². The Kier molecular flexibility index (Phi) is 7.15. The smallest absolute Gasteiger partial charge is 0.135 e. The van der Waals surface area contributed by atoms with Gasteiger partial charge in [-0.05, 0) is 80.7 Å². The molecule has 0 aliphatic rings. The summed E-state index contributed by atoms with van der Waals surface area (Å²) in [6, 6.07) is 16.7. The summed E-state index contributed by atoms with van der Waals surface area (Å²) in [6.07, 6.45) is 5.37. The lowest BCUT2D eigenvalue weighted by Gasteiger charge is -2.14. The molecule has 8 heteroatoms. The monoisotopic (exact) mass is 507 g/mol. The summed E-state index contributed by atoms with van der Waals surface area (Å²) >= 11 is 0. The van der Waals surface area contributed by atoms with E-state index in [1.165, 1.54) is 6.07 Å². The molecule has 0 amide bonds. The third-order valence-corrected chi connectivity index (χ3v) is 6.28. The fraction of sp³-hybridized carbons (Fsp3) is 0.167. The average Bonchev–Trinajstić information content (AvgIpc) is 3.50. The average molecular weight is 508 g/mol. The van der Waals surface area contributed by atoms with Crippen molar-refractivity contribution in [2.45, 2.75) is 6.92 Å². The molecule has 5 rings (SSSR count). The van der Waals surface area contributed by atoms with Crippen molar-refractivity contribution in [3.63, 3.8) is 0 Å². The zero-order valence-electron chi connectivity index (χ0n) is 21.7. The van der Waals surface area contributed by atoms with Crippen LogP contribution < -0.4 is 5.32 Å². The van der Waals surface area contributed by atoms with Crippen molar-refractivity contribution in [2.24, 2.45) is 0 Å². The van der Waals surface area contributed by atoms with Crippen LogP contribution in [0.1, 0.15) is 16.8 Å². The molecule has 3 N–H and O–H groups in total. The number of anilines is 1. The van der Waals surface area contributed by atoms with Crippen LogP contribution in [0.2, 0.25) is 0 Å². The second-order valence-corrected chi connectivity index (χ2v) is 9.38. The van der Waals surface area contributed by atoms with E-state index in [1.54, 1.807) is 18.3 Å². The molecule has 5 aromatic rings. The van der Waals surface area contributed by atoms with Crippen LogP contribution in [0.3, 0.4) is 0 Å². The number of halogens is 1. The third kappa shape index (κ3) is 5.26. The van der Waals surface area contributed by atoms with E-state index in [1.807, 2.05) is 69.6 Å². The Morgan fingerprint density at radius 3 is 2.74 bits per heavy atom. The number of aryl methyl sites for hydroxylation is 1. The van der Waals surface area contributed by atoms with E-state index in [9.17, 15) is 4.39 Å². The first-order valence-corrected chi connectivity index (χ1v) is 12.4. The van der Waals surface area contributed by atoms with Crippen LogP contribution in [0.25, 0.3) is 39.4 Å². The van der Waals surface area contributed by atoms with Crippen molar-refractivity contribution in [1.82, 2.24) is 30.0 Å². The summed E-state index contributed by atoms with van der Waals surface area (Å²) in [5, 5.41) is 11.0. The van der Waals surface area contributed by atoms with Gasteiger partial charge < -0.3 is 15.2 Å². The number of aromatic amines is 2. The van der Waals surface area contributed by atoms with Crippen molar-refractivity contribution in [3.05, 3.63) is 102 Å². The van der Waals surface area contributed by atoms with Gasteiger partial charge >= 0.3 is 0 Å². The lowest BCUT2D eigenvalue weighted by molar-refractivity contribution is 0.425. The Balaban J connectivity index is 1.53. The molecule has 0 radical (unpaired) electrons. The number of fused-ring (bicyclic) bond motifs is 1. The maximum atomic E-state index is 14.7. The largest absolute Gasteiger partial charge is 0.384 e. The van der Waals surface area contributed by atoms with Crippen molar-refractivity contribution < 1.29 is 4.39 Å². The first-order chi connectivity index (χ1) is 18.4. The highest BCUT2D eigenvalue weighted by molar-refractivity contribution is 5.92. The Morgan fingerprint density at radius 1 is 1.11 bits per heavy atom. The minimum atomic E-state index is -0.303. The zero-order chi connectivity index (χ0) is 26.6. The van der Waals surface area contributed by atoms with Gasteiger partial charge in [-0.1, -0.05) is 24.8 Å². The number of rotatable bonds is 9. The molecule has 1 aromatic carbocycles. The quantitative estimate of drug-likeness (QED) is 0.211. The molecule has 4 aromatic heterocycles. The van der Waals surface area contributed by atoms with E-state index in [0.29, 0.717) is 12.2 Å². The third-order valence-electron chi connectivity index (χ3n) is 6.28. The van der Waals surface area contributed by atoms with Gasteiger partial charge in [-0.3, -0.25) is 10.1 Å². The summed E-state index contributed by atoms with van der Waals surface area (Å²) in [4.78, 5) is 14.8. The van der Waals surface area contributed by atoms with Gasteiger partial charge in [0.25, 0.3) is 0 Å². The van der Waals surface area contributed by atoms with Crippen molar-refractivity contribution in [1.29, 1.82) is 0 Å². The normalized spacial score (nSPS) is 11.9. The van der Waals surface area contributed by atoms with Gasteiger partial charge in [0.1, 0.15) is 17.0 Å². The summed E-state index contributed by atoms with van der Waals surface area (Å²) in [6.45, 7) is 7.44. The van der Waals surface area contributed by atoms with Gasteiger partial charge in [0.15, 0.2) is 0 Å². The van der Waals surface area contributed by atoms with Crippen LogP contribution in [0.4, 0.5) is 10.1 Å². The highest BCUT2D eigenvalue weighted by atomic mass is 19.1. The highest BCUT2D eigenvalue weighted by Crippen LogP contribution is 2.34. The van der Waals surface area contributed by atoms with Crippen LogP contribution in [0.5, 0.6) is 0 Å². The minimum Gasteiger partial charge on any atom is -0.384 e. The molecular weight excluding hydrogens is 477 g/mol. The highest BCUT2D eigenvalue weighted by Gasteiger charge is 2.18. The van der Waals surface area contributed by atoms with Gasteiger partial charge in [-0.15, -0.1) is 0 Å². The number of hydrogen-bond acceptors (Lipinski definition) is 5. The Bertz CT molecular complexity index is 1610. The fourth-order valence-corrected chi connectivity index (χ4v) is 4.44. The molecule has 38 heavy (non-hydrogen) atoms. The summed E-state index contributed by atoms with van der Waals surface area (Å²) in [7, 11) is 4.01. The van der Waals surface area contributed by atoms with Crippen molar-refractivity contribution in [3.8, 4) is 22.8 Å². The second kappa shape index (κ2) is 10.8. The van der Waals surface area contributed by atoms with Crippen LogP contribution in [-0.4, -0.2) is 57.2 Å². The molecule has 0 bridgehead atoms. The van der Waals surface area contributed by atoms with Crippen molar-refractivity contribution >= 4 is 22.3 Å². The molecule has 7 nitrogen and oxygen atoms in total. The lowest BCUT2D eigenvalue weighted by atomic mass is 9.96. The molecule has 0 fully saturated rings. The van der Waals surface area contributed by atoms with Crippen molar-refractivity contribution in [2.75, 3.05) is 32.5 Å². The standard InChI is InChI=1S/C30H30FN7/c1-5-8-23(20-15-21(31)17-22(16-20)32-13-14-38(3)4)24-18-28(34-19(24)2)30-29-27(36-37-30)11-10-26(35-29)25-9-6-7-12-33-25/h5-12,15-18,32,34H,1,13-14H2,2-4H3,(H,36,37)/b23-8-. The lowest BCUT2D eigenvalue weighted by Crippen LogP contribution is -2.20. The van der Waals surface area contributed by atoms with Gasteiger partial charge in [-0.25, -0.2) is 9.37 Å². The Labute approximate surface area is 221 Å². The van der Waals surface area contributed by atoms with Crippen LogP contribution in [-0.2, 0) is 0 Å². The SMILES string of the molecule is C=C/C=C(/c1cc(F)cc(NCCN(C)C)c1)c1cc(-c2n[nH]c3ccc(-c4ccccn4)nc23)[nH]c1C. The van der Waals surface area contributed by atoms with Gasteiger partial charge in [0.05, 0.1) is 22.6 Å². The summed E-state index contributed by atoms with van der Waals surface area (Å²) in [5.41, 5.74) is 8.86. The first kappa shape index (κ1) is 25.1. The predicted octanol–water partition coefficient (Wildman–Crippen LogP) is 6.05. The van der Waals surface area contributed by atoms with E-state index < -0.39 is 0 Å². The molecule has 4 heterocycles. The topological polar surface area (TPSA) is 85.5 Å². The van der Waals surface area contributed by atoms with Gasteiger partial charge in [-0.2, -0.15) is 5.10 Å². The molecule has 0 saturated heterocycles. The Hall–Kier alpha value is -4.56. The van der Waals surface area contributed by atoms with E-state index >= 15 is 0 Å². The predicted molar refractivity (Wildman–Crippen MR) is 152 cm³/mol. The Morgan fingerprint density at radius 2 is 1.97 bits per heavy atom. The number of aromatic nitrogens is 5. The van der Waals surface area contributed by atoms with E-state index in [4.69, 9.17) is 4.98 Å². The van der Waals surface area contributed by atoms with Gasteiger partial charge in [0, 0.05) is 36.2 Å². The number of H-pyrrole nitrogens is 2. The maximum absolute atomic E-state index is 14.7. The molecular formula is C30H30FN7. The number of likely N-dealkylation sites (N-methyl/N-ethyl adjacent to an activating group) is 1. The minimum absolute atomic E-state index is 0.303. The number of benzene rings is 1. The second-order valence-electron chi connectivity index (χ2n) is 9.38.